The first-order valence-electron chi connectivity index (χ1n) is 14.6. The predicted molar refractivity (Wildman–Crippen MR) is 173 cm³/mol. The fourth-order valence-electron chi connectivity index (χ4n) is 4.86. The van der Waals surface area contributed by atoms with E-state index in [9.17, 15) is 22.8 Å². The van der Waals surface area contributed by atoms with Crippen molar-refractivity contribution in [2.24, 2.45) is 9.98 Å². The lowest BCUT2D eigenvalue weighted by atomic mass is 10.1. The van der Waals surface area contributed by atoms with Crippen LogP contribution in [-0.2, 0) is 6.18 Å². The third-order valence-corrected chi connectivity index (χ3v) is 7.16. The van der Waals surface area contributed by atoms with E-state index in [1.807, 2.05) is 45.9 Å². The van der Waals surface area contributed by atoms with Crippen molar-refractivity contribution in [2.75, 3.05) is 16.8 Å². The molecule has 1 aliphatic heterocycles. The van der Waals surface area contributed by atoms with Gasteiger partial charge in [0.1, 0.15) is 5.82 Å². The maximum absolute atomic E-state index is 14.0. The van der Waals surface area contributed by atoms with E-state index in [-0.39, 0.29) is 24.2 Å². The number of nitrogens with zero attached hydrogens (tertiary/aromatic N) is 4. The smallest absolute Gasteiger partial charge is 0.324 e. The van der Waals surface area contributed by atoms with Crippen LogP contribution in [-0.4, -0.2) is 41.6 Å². The van der Waals surface area contributed by atoms with E-state index in [1.54, 1.807) is 41.1 Å². The Hall–Kier alpha value is -4.93. The molecule has 1 aliphatic carbocycles. The van der Waals surface area contributed by atoms with E-state index in [0.29, 0.717) is 23.2 Å². The second-order valence-corrected chi connectivity index (χ2v) is 10.9. The average molecular weight is 619 g/mol. The van der Waals surface area contributed by atoms with Crippen LogP contribution in [0.25, 0.3) is 0 Å². The zero-order valence-electron chi connectivity index (χ0n) is 26.0. The van der Waals surface area contributed by atoms with E-state index in [2.05, 4.69) is 22.2 Å². The zero-order valence-corrected chi connectivity index (χ0v) is 26.0. The van der Waals surface area contributed by atoms with Gasteiger partial charge in [-0.1, -0.05) is 36.4 Å². The fraction of sp³-hybridized carbons (Fsp3) is 0.294. The molecule has 1 heterocycles. The summed E-state index contributed by atoms with van der Waals surface area (Å²) in [6.07, 6.45) is 4.44. The Morgan fingerprint density at radius 2 is 1.84 bits per heavy atom. The molecule has 45 heavy (non-hydrogen) atoms. The number of aryl methyl sites for hydroxylation is 1. The number of carbonyl (C=O) groups excluding carboxylic acids is 2. The highest BCUT2D eigenvalue weighted by Gasteiger charge is 2.40. The summed E-state index contributed by atoms with van der Waals surface area (Å²) >= 11 is 0. The zero-order chi connectivity index (χ0) is 32.9. The molecular formula is C34H37F3N6O2. The van der Waals surface area contributed by atoms with Crippen LogP contribution in [0.2, 0.25) is 0 Å². The van der Waals surface area contributed by atoms with Crippen molar-refractivity contribution in [3.63, 3.8) is 0 Å². The monoisotopic (exact) mass is 618 g/mol. The number of aliphatic imine (C=N–C) groups is 2. The van der Waals surface area contributed by atoms with Gasteiger partial charge in [-0.3, -0.25) is 14.6 Å². The van der Waals surface area contributed by atoms with Gasteiger partial charge in [0.2, 0.25) is 5.96 Å². The molecule has 3 amide bonds. The maximum atomic E-state index is 14.0. The number of allylic oxidation sites excluding steroid dienone is 4. The van der Waals surface area contributed by atoms with Gasteiger partial charge >= 0.3 is 12.2 Å². The lowest BCUT2D eigenvalue weighted by Crippen LogP contribution is -2.48. The normalized spacial score (nSPS) is 16.7. The molecule has 0 saturated heterocycles. The third-order valence-electron chi connectivity index (χ3n) is 7.16. The van der Waals surface area contributed by atoms with Crippen LogP contribution in [0.5, 0.6) is 0 Å². The predicted octanol–water partition coefficient (Wildman–Crippen LogP) is 7.97. The summed E-state index contributed by atoms with van der Waals surface area (Å²) in [4.78, 5) is 39.2. The van der Waals surface area contributed by atoms with Gasteiger partial charge < -0.3 is 10.6 Å². The molecule has 0 unspecified atom stereocenters. The van der Waals surface area contributed by atoms with Gasteiger partial charge in [-0.2, -0.15) is 18.2 Å². The van der Waals surface area contributed by atoms with Crippen molar-refractivity contribution in [3.8, 4) is 0 Å². The lowest BCUT2D eigenvalue weighted by molar-refractivity contribution is -0.137. The van der Waals surface area contributed by atoms with Crippen molar-refractivity contribution in [3.05, 3.63) is 107 Å². The number of rotatable bonds is 8. The summed E-state index contributed by atoms with van der Waals surface area (Å²) in [6, 6.07) is 8.98. The van der Waals surface area contributed by atoms with Gasteiger partial charge in [0, 0.05) is 35.7 Å². The molecule has 2 aliphatic rings. The Labute approximate surface area is 261 Å². The van der Waals surface area contributed by atoms with Crippen molar-refractivity contribution >= 4 is 35.5 Å². The number of alkyl halides is 3. The van der Waals surface area contributed by atoms with Crippen LogP contribution in [0.4, 0.5) is 29.3 Å². The SMILES string of the molecule is C=C(C)/C=C(C)\C(=C/C)NC(/N=C\C)=N/C1=CCN(c2cc(NC(=O)c3cccc(C(F)(F)F)c3)ccc2C)C(=O)N1C1CC1. The van der Waals surface area contributed by atoms with E-state index < -0.39 is 17.6 Å². The maximum Gasteiger partial charge on any atom is 0.416 e. The Bertz CT molecular complexity index is 1650. The minimum absolute atomic E-state index is 0.0162. The van der Waals surface area contributed by atoms with Crippen LogP contribution in [0, 0.1) is 6.92 Å². The largest absolute Gasteiger partial charge is 0.416 e. The van der Waals surface area contributed by atoms with Gasteiger partial charge in [-0.25, -0.2) is 9.79 Å². The molecule has 2 aromatic carbocycles. The molecule has 0 aromatic heterocycles. The summed E-state index contributed by atoms with van der Waals surface area (Å²) in [6.45, 7) is 13.6. The summed E-state index contributed by atoms with van der Waals surface area (Å²) in [7, 11) is 0. The number of nitrogens with one attached hydrogen (secondary N) is 2. The minimum Gasteiger partial charge on any atom is -0.324 e. The third kappa shape index (κ3) is 8.17. The molecule has 8 nitrogen and oxygen atoms in total. The van der Waals surface area contributed by atoms with Crippen LogP contribution >= 0.6 is 0 Å². The summed E-state index contributed by atoms with van der Waals surface area (Å²) in [5, 5.41) is 5.93. The number of amides is 3. The lowest BCUT2D eigenvalue weighted by Gasteiger charge is -2.35. The van der Waals surface area contributed by atoms with Crippen LogP contribution in [0.1, 0.15) is 62.0 Å². The molecule has 2 N–H and O–H groups in total. The van der Waals surface area contributed by atoms with E-state index in [0.717, 1.165) is 47.4 Å². The Balaban J connectivity index is 1.61. The molecule has 4 rings (SSSR count). The number of hydrogen-bond donors (Lipinski definition) is 2. The van der Waals surface area contributed by atoms with Crippen LogP contribution < -0.4 is 15.5 Å². The first kappa shape index (κ1) is 33.0. The van der Waals surface area contributed by atoms with E-state index in [1.165, 1.54) is 12.1 Å². The topological polar surface area (TPSA) is 89.4 Å². The molecule has 0 radical (unpaired) electrons. The number of benzene rings is 2. The molecule has 0 atom stereocenters. The second kappa shape index (κ2) is 13.8. The Kier molecular flexibility index (Phi) is 10.1. The Morgan fingerprint density at radius 3 is 2.47 bits per heavy atom. The quantitative estimate of drug-likeness (QED) is 0.179. The summed E-state index contributed by atoms with van der Waals surface area (Å²) in [5.74, 6) is 0.117. The van der Waals surface area contributed by atoms with Gasteiger partial charge in [0.05, 0.1) is 11.3 Å². The molecule has 1 fully saturated rings. The van der Waals surface area contributed by atoms with Gasteiger partial charge in [-0.05, 0) is 95.0 Å². The molecule has 0 spiro atoms. The number of hydrogen-bond acceptors (Lipinski definition) is 3. The first-order valence-corrected chi connectivity index (χ1v) is 14.6. The summed E-state index contributed by atoms with van der Waals surface area (Å²) in [5.41, 5.74) is 3.33. The van der Waals surface area contributed by atoms with Gasteiger partial charge in [-0.15, -0.1) is 0 Å². The highest BCUT2D eigenvalue weighted by atomic mass is 19.4. The van der Waals surface area contributed by atoms with Gasteiger partial charge in [0.25, 0.3) is 5.91 Å². The van der Waals surface area contributed by atoms with Crippen molar-refractivity contribution in [1.29, 1.82) is 0 Å². The van der Waals surface area contributed by atoms with Crippen molar-refractivity contribution in [1.82, 2.24) is 10.2 Å². The van der Waals surface area contributed by atoms with Crippen LogP contribution in [0.3, 0.4) is 0 Å². The average Bonchev–Trinajstić information content (AvgIpc) is 3.82. The Morgan fingerprint density at radius 1 is 1.11 bits per heavy atom. The number of carbonyl (C=O) groups is 2. The van der Waals surface area contributed by atoms with Crippen LogP contribution in [0.15, 0.2) is 99.9 Å². The minimum atomic E-state index is -4.57. The van der Waals surface area contributed by atoms with E-state index in [4.69, 9.17) is 4.99 Å². The molecule has 236 valence electrons. The first-order chi connectivity index (χ1) is 21.3. The van der Waals surface area contributed by atoms with Gasteiger partial charge in [0.15, 0.2) is 0 Å². The molecular weight excluding hydrogens is 581 g/mol. The van der Waals surface area contributed by atoms with E-state index >= 15 is 0 Å². The number of urea groups is 1. The van der Waals surface area contributed by atoms with Crippen molar-refractivity contribution in [2.45, 2.75) is 59.7 Å². The number of anilines is 2. The highest BCUT2D eigenvalue weighted by Crippen LogP contribution is 2.36. The highest BCUT2D eigenvalue weighted by molar-refractivity contribution is 6.05. The summed E-state index contributed by atoms with van der Waals surface area (Å²) < 4.78 is 39.5. The molecule has 1 saturated carbocycles. The number of halogens is 3. The number of guanidine groups is 1. The fourth-order valence-corrected chi connectivity index (χ4v) is 4.86. The molecule has 2 aromatic rings. The standard InChI is InChI=1S/C34H37F3N6O2/c1-7-28(23(6)18-21(3)4)40-32(38-8-2)41-30-16-17-42(33(45)43(30)27-14-15-27)29-20-26(13-12-22(29)5)39-31(44)24-10-9-11-25(19-24)34(35,36)37/h7-13,16,18-20,27H,3,14-15,17H2,1-2,4-6H3,(H,39,44)(H,40,41)/b23-18-,28-7+,38-8-. The molecule has 0 bridgehead atoms. The molecule has 11 heteroatoms. The van der Waals surface area contributed by atoms with Crippen molar-refractivity contribution < 1.29 is 22.8 Å². The second-order valence-electron chi connectivity index (χ2n) is 10.9.